The summed E-state index contributed by atoms with van der Waals surface area (Å²) >= 11 is 0. The molecule has 0 bridgehead atoms. The third-order valence-electron chi connectivity index (χ3n) is 3.19. The second kappa shape index (κ2) is 5.42. The van der Waals surface area contributed by atoms with E-state index in [0.29, 0.717) is 0 Å². The Balaban J connectivity index is 2.00. The van der Waals surface area contributed by atoms with Crippen LogP contribution in [0, 0.1) is 17.5 Å². The molecule has 0 radical (unpaired) electrons. The molecular weight excluding hydrogens is 243 g/mol. The summed E-state index contributed by atoms with van der Waals surface area (Å²) in [6.07, 6.45) is 3.73. The number of rotatable bonds is 3. The van der Waals surface area contributed by atoms with Gasteiger partial charge < -0.3 is 5.32 Å². The lowest BCUT2D eigenvalue weighted by Crippen LogP contribution is -2.33. The molecular formula is C13H14F3NO. The average Bonchev–Trinajstić information content (AvgIpc) is 2.83. The van der Waals surface area contributed by atoms with Crippen LogP contribution in [0.3, 0.4) is 0 Å². The number of carbonyl (C=O) groups is 1. The first kappa shape index (κ1) is 12.9. The second-order valence-electron chi connectivity index (χ2n) is 4.56. The first-order valence-corrected chi connectivity index (χ1v) is 5.99. The maximum Gasteiger partial charge on any atom is 0.224 e. The van der Waals surface area contributed by atoms with Crippen LogP contribution in [0.2, 0.25) is 0 Å². The van der Waals surface area contributed by atoms with Gasteiger partial charge in [0.1, 0.15) is 0 Å². The van der Waals surface area contributed by atoms with E-state index in [9.17, 15) is 18.0 Å². The molecule has 1 N–H and O–H groups in total. The van der Waals surface area contributed by atoms with Crippen molar-refractivity contribution in [1.29, 1.82) is 0 Å². The second-order valence-corrected chi connectivity index (χ2v) is 4.56. The van der Waals surface area contributed by atoms with E-state index in [1.54, 1.807) is 0 Å². The Bertz CT molecular complexity index is 456. The van der Waals surface area contributed by atoms with Crippen molar-refractivity contribution in [2.45, 2.75) is 38.1 Å². The number of carbonyl (C=O) groups excluding carboxylic acids is 1. The molecule has 0 heterocycles. The van der Waals surface area contributed by atoms with Gasteiger partial charge in [-0.15, -0.1) is 0 Å². The zero-order chi connectivity index (χ0) is 13.1. The Morgan fingerprint density at radius 3 is 2.50 bits per heavy atom. The summed E-state index contributed by atoms with van der Waals surface area (Å²) in [5, 5.41) is 2.77. The molecule has 2 rings (SSSR count). The van der Waals surface area contributed by atoms with E-state index in [1.807, 2.05) is 0 Å². The normalized spacial score (nSPS) is 15.9. The molecule has 0 saturated heterocycles. The molecule has 1 aliphatic rings. The standard InChI is InChI=1S/C13H14F3NO/c14-10-6-5-8(12(15)13(10)16)7-11(18)17-9-3-1-2-4-9/h5-6,9H,1-4,7H2,(H,17,18). The van der Waals surface area contributed by atoms with Crippen LogP contribution in [0.25, 0.3) is 0 Å². The fraction of sp³-hybridized carbons (Fsp3) is 0.462. The predicted molar refractivity (Wildman–Crippen MR) is 60.4 cm³/mol. The fourth-order valence-electron chi connectivity index (χ4n) is 2.22. The minimum absolute atomic E-state index is 0.121. The lowest BCUT2D eigenvalue weighted by molar-refractivity contribution is -0.121. The SMILES string of the molecule is O=C(Cc1ccc(F)c(F)c1F)NC1CCCC1. The predicted octanol–water partition coefficient (Wildman–Crippen LogP) is 2.71. The number of nitrogens with one attached hydrogen (secondary N) is 1. The van der Waals surface area contributed by atoms with Crippen LogP contribution in [0.4, 0.5) is 13.2 Å². The Morgan fingerprint density at radius 1 is 1.17 bits per heavy atom. The first-order chi connectivity index (χ1) is 8.58. The molecule has 0 aromatic heterocycles. The Labute approximate surface area is 103 Å². The summed E-state index contributed by atoms with van der Waals surface area (Å²) in [7, 11) is 0. The minimum Gasteiger partial charge on any atom is -0.353 e. The molecule has 1 saturated carbocycles. The fourth-order valence-corrected chi connectivity index (χ4v) is 2.22. The summed E-state index contributed by atoms with van der Waals surface area (Å²) in [5.41, 5.74) is -0.121. The molecule has 1 aromatic rings. The number of benzene rings is 1. The molecule has 0 aliphatic heterocycles. The number of hydrogen-bond donors (Lipinski definition) is 1. The summed E-state index contributed by atoms with van der Waals surface area (Å²) in [6, 6.07) is 2.06. The van der Waals surface area contributed by atoms with Gasteiger partial charge in [-0.25, -0.2) is 13.2 Å². The Morgan fingerprint density at radius 2 is 1.83 bits per heavy atom. The van der Waals surface area contributed by atoms with Crippen LogP contribution in [-0.4, -0.2) is 11.9 Å². The highest BCUT2D eigenvalue weighted by atomic mass is 19.2. The van der Waals surface area contributed by atoms with Gasteiger partial charge in [0.2, 0.25) is 5.91 Å². The van der Waals surface area contributed by atoms with Gasteiger partial charge in [-0.1, -0.05) is 18.9 Å². The van der Waals surface area contributed by atoms with Crippen LogP contribution in [0.5, 0.6) is 0 Å². The monoisotopic (exact) mass is 257 g/mol. The molecule has 98 valence electrons. The van der Waals surface area contributed by atoms with Gasteiger partial charge >= 0.3 is 0 Å². The van der Waals surface area contributed by atoms with Crippen molar-refractivity contribution in [2.75, 3.05) is 0 Å². The van der Waals surface area contributed by atoms with Crippen molar-refractivity contribution in [3.8, 4) is 0 Å². The molecule has 0 unspecified atom stereocenters. The third kappa shape index (κ3) is 2.83. The van der Waals surface area contributed by atoms with Crippen molar-refractivity contribution < 1.29 is 18.0 Å². The van der Waals surface area contributed by atoms with E-state index in [2.05, 4.69) is 5.32 Å². The van der Waals surface area contributed by atoms with Crippen LogP contribution in [0.1, 0.15) is 31.2 Å². The molecule has 1 amide bonds. The van der Waals surface area contributed by atoms with E-state index in [0.717, 1.165) is 37.8 Å². The van der Waals surface area contributed by atoms with Crippen molar-refractivity contribution in [3.05, 3.63) is 35.1 Å². The van der Waals surface area contributed by atoms with Crippen molar-refractivity contribution in [1.82, 2.24) is 5.32 Å². The zero-order valence-corrected chi connectivity index (χ0v) is 9.81. The molecule has 18 heavy (non-hydrogen) atoms. The topological polar surface area (TPSA) is 29.1 Å². The van der Waals surface area contributed by atoms with Crippen LogP contribution in [0.15, 0.2) is 12.1 Å². The molecule has 1 fully saturated rings. The van der Waals surface area contributed by atoms with E-state index < -0.39 is 17.5 Å². The number of halogens is 3. The molecule has 1 aromatic carbocycles. The third-order valence-corrected chi connectivity index (χ3v) is 3.19. The highest BCUT2D eigenvalue weighted by molar-refractivity contribution is 5.78. The van der Waals surface area contributed by atoms with Gasteiger partial charge in [0.05, 0.1) is 6.42 Å². The number of amides is 1. The van der Waals surface area contributed by atoms with E-state index in [4.69, 9.17) is 0 Å². The summed E-state index contributed by atoms with van der Waals surface area (Å²) in [6.45, 7) is 0. The largest absolute Gasteiger partial charge is 0.353 e. The highest BCUT2D eigenvalue weighted by Crippen LogP contribution is 2.19. The smallest absolute Gasteiger partial charge is 0.224 e. The molecule has 0 atom stereocenters. The lowest BCUT2D eigenvalue weighted by Gasteiger charge is -2.12. The van der Waals surface area contributed by atoms with Crippen molar-refractivity contribution in [2.24, 2.45) is 0 Å². The van der Waals surface area contributed by atoms with Gasteiger partial charge in [-0.05, 0) is 18.9 Å². The average molecular weight is 257 g/mol. The lowest BCUT2D eigenvalue weighted by atomic mass is 10.1. The van der Waals surface area contributed by atoms with E-state index >= 15 is 0 Å². The Hall–Kier alpha value is -1.52. The van der Waals surface area contributed by atoms with Crippen molar-refractivity contribution >= 4 is 5.91 Å². The summed E-state index contributed by atoms with van der Waals surface area (Å²) < 4.78 is 39.0. The van der Waals surface area contributed by atoms with Gasteiger partial charge in [-0.2, -0.15) is 0 Å². The van der Waals surface area contributed by atoms with Crippen LogP contribution >= 0.6 is 0 Å². The molecule has 5 heteroatoms. The Kier molecular flexibility index (Phi) is 3.89. The van der Waals surface area contributed by atoms with Crippen LogP contribution < -0.4 is 5.32 Å². The molecule has 0 spiro atoms. The summed E-state index contributed by atoms with van der Waals surface area (Å²) in [5.74, 6) is -4.41. The maximum absolute atomic E-state index is 13.3. The van der Waals surface area contributed by atoms with E-state index in [-0.39, 0.29) is 23.9 Å². The van der Waals surface area contributed by atoms with Crippen molar-refractivity contribution in [3.63, 3.8) is 0 Å². The molecule has 1 aliphatic carbocycles. The van der Waals surface area contributed by atoms with Gasteiger partial charge in [0.15, 0.2) is 17.5 Å². The zero-order valence-electron chi connectivity index (χ0n) is 9.81. The minimum atomic E-state index is -1.53. The highest BCUT2D eigenvalue weighted by Gasteiger charge is 2.19. The van der Waals surface area contributed by atoms with Gasteiger partial charge in [0.25, 0.3) is 0 Å². The quantitative estimate of drug-likeness (QED) is 0.829. The van der Waals surface area contributed by atoms with Gasteiger partial charge in [-0.3, -0.25) is 4.79 Å². The molecule has 2 nitrogen and oxygen atoms in total. The first-order valence-electron chi connectivity index (χ1n) is 5.99. The number of hydrogen-bond acceptors (Lipinski definition) is 1. The van der Waals surface area contributed by atoms with Gasteiger partial charge in [0, 0.05) is 11.6 Å². The van der Waals surface area contributed by atoms with Crippen LogP contribution in [-0.2, 0) is 11.2 Å². The van der Waals surface area contributed by atoms with E-state index in [1.165, 1.54) is 0 Å². The maximum atomic E-state index is 13.3. The summed E-state index contributed by atoms with van der Waals surface area (Å²) in [4.78, 5) is 11.6.